The highest BCUT2D eigenvalue weighted by molar-refractivity contribution is 6.03. The topological polar surface area (TPSA) is 80.8 Å². The van der Waals surface area contributed by atoms with Crippen LogP contribution in [0.4, 0.5) is 16.2 Å². The zero-order valence-electron chi connectivity index (χ0n) is 21.4. The predicted molar refractivity (Wildman–Crippen MR) is 144 cm³/mol. The van der Waals surface area contributed by atoms with Crippen LogP contribution in [-0.4, -0.2) is 35.6 Å². The van der Waals surface area contributed by atoms with Crippen LogP contribution in [0.1, 0.15) is 46.0 Å². The van der Waals surface area contributed by atoms with Gasteiger partial charge < -0.3 is 14.8 Å². The van der Waals surface area contributed by atoms with Crippen molar-refractivity contribution in [3.63, 3.8) is 0 Å². The molecule has 1 saturated carbocycles. The monoisotopic (exact) mass is 499 g/mol. The zero-order chi connectivity index (χ0) is 25.8. The first kappa shape index (κ1) is 24.8. The molecule has 7 nitrogen and oxygen atoms in total. The predicted octanol–water partition coefficient (Wildman–Crippen LogP) is 6.48. The number of fused-ring (bicyclic) bond motifs is 1. The van der Waals surface area contributed by atoms with E-state index in [0.29, 0.717) is 18.2 Å². The number of nitrogens with one attached hydrogen (secondary N) is 1. The van der Waals surface area contributed by atoms with E-state index in [1.54, 1.807) is 18.0 Å². The summed E-state index contributed by atoms with van der Waals surface area (Å²) in [6.07, 6.45) is 6.13. The van der Waals surface area contributed by atoms with Gasteiger partial charge in [0, 0.05) is 29.4 Å². The molecule has 0 bridgehead atoms. The quantitative estimate of drug-likeness (QED) is 0.420. The molecule has 1 fully saturated rings. The van der Waals surface area contributed by atoms with E-state index >= 15 is 0 Å². The molecule has 0 spiro atoms. The van der Waals surface area contributed by atoms with E-state index in [1.165, 1.54) is 0 Å². The van der Waals surface area contributed by atoms with Crippen LogP contribution in [0.15, 0.2) is 66.9 Å². The number of carbonyl (C=O) groups is 2. The lowest BCUT2D eigenvalue weighted by molar-refractivity contribution is -0.122. The Hall–Kier alpha value is -3.87. The lowest BCUT2D eigenvalue weighted by Gasteiger charge is -2.34. The van der Waals surface area contributed by atoms with Crippen LogP contribution in [0, 0.1) is 5.92 Å². The Kier molecular flexibility index (Phi) is 7.40. The molecule has 2 heterocycles. The minimum atomic E-state index is -0.178. The van der Waals surface area contributed by atoms with Crippen LogP contribution < -0.4 is 19.7 Å². The third-order valence-corrected chi connectivity index (χ3v) is 7.26. The van der Waals surface area contributed by atoms with Gasteiger partial charge in [0.2, 0.25) is 5.88 Å². The number of anilines is 2. The van der Waals surface area contributed by atoms with E-state index in [-0.39, 0.29) is 29.9 Å². The third kappa shape index (κ3) is 5.77. The SMILES string of the molecule is CCC1CN(C(=O)Nc2ccccc2)c2ccc(-c3ccc(OC4CCC(C(C)=O)CC4)nc3)cc2O1. The molecule has 1 N–H and O–H groups in total. The first-order valence-electron chi connectivity index (χ1n) is 13.1. The van der Waals surface area contributed by atoms with Crippen molar-refractivity contribution in [3.05, 3.63) is 66.9 Å². The van der Waals surface area contributed by atoms with Crippen molar-refractivity contribution in [2.75, 3.05) is 16.8 Å². The van der Waals surface area contributed by atoms with E-state index in [2.05, 4.69) is 17.2 Å². The fourth-order valence-electron chi connectivity index (χ4n) is 5.03. The Morgan fingerprint density at radius 1 is 1.03 bits per heavy atom. The van der Waals surface area contributed by atoms with Gasteiger partial charge >= 0.3 is 6.03 Å². The van der Waals surface area contributed by atoms with Crippen LogP contribution in [0.2, 0.25) is 0 Å². The molecule has 2 amide bonds. The zero-order valence-corrected chi connectivity index (χ0v) is 21.4. The number of pyridine rings is 1. The molecule has 7 heteroatoms. The number of nitrogens with zero attached hydrogens (tertiary/aromatic N) is 2. The Morgan fingerprint density at radius 3 is 2.46 bits per heavy atom. The van der Waals surface area contributed by atoms with Gasteiger partial charge in [0.15, 0.2) is 0 Å². The van der Waals surface area contributed by atoms with Crippen molar-refractivity contribution in [3.8, 4) is 22.8 Å². The molecule has 2 aromatic carbocycles. The molecule has 1 aliphatic carbocycles. The molecule has 2 aliphatic rings. The molecule has 37 heavy (non-hydrogen) atoms. The number of aromatic nitrogens is 1. The number of rotatable bonds is 6. The van der Waals surface area contributed by atoms with Crippen LogP contribution >= 0.6 is 0 Å². The summed E-state index contributed by atoms with van der Waals surface area (Å²) in [5.74, 6) is 1.73. The lowest BCUT2D eigenvalue weighted by Crippen LogP contribution is -2.45. The average molecular weight is 500 g/mol. The van der Waals surface area contributed by atoms with E-state index < -0.39 is 0 Å². The molecule has 1 atom stereocenters. The Morgan fingerprint density at radius 2 is 1.78 bits per heavy atom. The number of ether oxygens (including phenoxy) is 2. The summed E-state index contributed by atoms with van der Waals surface area (Å²) >= 11 is 0. The molecule has 5 rings (SSSR count). The summed E-state index contributed by atoms with van der Waals surface area (Å²) < 4.78 is 12.3. The molecule has 0 saturated heterocycles. The first-order chi connectivity index (χ1) is 18.0. The molecular weight excluding hydrogens is 466 g/mol. The van der Waals surface area contributed by atoms with Gasteiger partial charge in [0.25, 0.3) is 0 Å². The highest BCUT2D eigenvalue weighted by atomic mass is 16.5. The highest BCUT2D eigenvalue weighted by Crippen LogP contribution is 2.38. The fraction of sp³-hybridized carbons (Fsp3) is 0.367. The number of hydrogen-bond acceptors (Lipinski definition) is 5. The van der Waals surface area contributed by atoms with Crippen LogP contribution in [0.25, 0.3) is 11.1 Å². The minimum Gasteiger partial charge on any atom is -0.486 e. The second kappa shape index (κ2) is 11.0. The molecule has 1 aliphatic heterocycles. The second-order valence-corrected chi connectivity index (χ2v) is 9.82. The summed E-state index contributed by atoms with van der Waals surface area (Å²) in [6, 6.07) is 19.0. The van der Waals surface area contributed by atoms with Gasteiger partial charge in [-0.15, -0.1) is 0 Å². The van der Waals surface area contributed by atoms with E-state index in [4.69, 9.17) is 9.47 Å². The maximum Gasteiger partial charge on any atom is 0.326 e. The summed E-state index contributed by atoms with van der Waals surface area (Å²) in [5.41, 5.74) is 3.40. The lowest BCUT2D eigenvalue weighted by atomic mass is 9.85. The smallest absolute Gasteiger partial charge is 0.326 e. The maximum atomic E-state index is 13.1. The van der Waals surface area contributed by atoms with E-state index in [1.807, 2.05) is 60.7 Å². The summed E-state index contributed by atoms with van der Waals surface area (Å²) in [6.45, 7) is 4.22. The highest BCUT2D eigenvalue weighted by Gasteiger charge is 2.30. The second-order valence-electron chi connectivity index (χ2n) is 9.82. The average Bonchev–Trinajstić information content (AvgIpc) is 2.93. The van der Waals surface area contributed by atoms with Crippen molar-refractivity contribution >= 4 is 23.2 Å². The van der Waals surface area contributed by atoms with E-state index in [0.717, 1.165) is 54.6 Å². The van der Waals surface area contributed by atoms with Gasteiger partial charge in [-0.3, -0.25) is 9.69 Å². The van der Waals surface area contributed by atoms with Gasteiger partial charge in [0.05, 0.1) is 12.2 Å². The minimum absolute atomic E-state index is 0.0868. The Labute approximate surface area is 217 Å². The van der Waals surface area contributed by atoms with E-state index in [9.17, 15) is 9.59 Å². The molecule has 1 aromatic heterocycles. The number of urea groups is 1. The van der Waals surface area contributed by atoms with Crippen molar-refractivity contribution in [2.45, 2.75) is 58.2 Å². The van der Waals surface area contributed by atoms with Crippen LogP contribution in [-0.2, 0) is 4.79 Å². The number of amides is 2. The van der Waals surface area contributed by atoms with Gasteiger partial charge in [0.1, 0.15) is 23.7 Å². The van der Waals surface area contributed by atoms with Gasteiger partial charge in [-0.05, 0) is 74.9 Å². The van der Waals surface area contributed by atoms with Gasteiger partial charge in [-0.25, -0.2) is 9.78 Å². The number of hydrogen-bond donors (Lipinski definition) is 1. The Balaban J connectivity index is 1.29. The number of ketones is 1. The standard InChI is InChI=1S/C30H33N3O4/c1-3-25-19-33(30(35)32-24-7-5-4-6-8-24)27-15-11-22(17-28(27)36-25)23-12-16-29(31-18-23)37-26-13-9-21(10-14-26)20(2)34/h4-8,11-12,15-18,21,25-26H,3,9-10,13-14,19H2,1-2H3,(H,32,35). The fourth-order valence-corrected chi connectivity index (χ4v) is 5.03. The molecule has 0 radical (unpaired) electrons. The summed E-state index contributed by atoms with van der Waals surface area (Å²) in [5, 5.41) is 2.98. The maximum absolute atomic E-state index is 13.1. The van der Waals surface area contributed by atoms with Crippen LogP contribution in [0.5, 0.6) is 11.6 Å². The number of carbonyl (C=O) groups excluding carboxylic acids is 2. The number of benzene rings is 2. The summed E-state index contributed by atoms with van der Waals surface area (Å²) in [4.78, 5) is 31.0. The number of para-hydroxylation sites is 1. The van der Waals surface area contributed by atoms with Gasteiger partial charge in [-0.2, -0.15) is 0 Å². The molecule has 1 unspecified atom stereocenters. The first-order valence-corrected chi connectivity index (χ1v) is 13.1. The van der Waals surface area contributed by atoms with Crippen molar-refractivity contribution in [2.24, 2.45) is 5.92 Å². The van der Waals surface area contributed by atoms with Crippen molar-refractivity contribution < 1.29 is 19.1 Å². The number of Topliss-reactive ketones (excluding diaryl/α,β-unsaturated/α-hetero) is 1. The molecule has 192 valence electrons. The van der Waals surface area contributed by atoms with Gasteiger partial charge in [-0.1, -0.05) is 31.2 Å². The Bertz CT molecular complexity index is 1240. The molecule has 3 aromatic rings. The summed E-state index contributed by atoms with van der Waals surface area (Å²) in [7, 11) is 0. The van der Waals surface area contributed by atoms with Crippen molar-refractivity contribution in [1.29, 1.82) is 0 Å². The normalized spacial score (nSPS) is 20.9. The van der Waals surface area contributed by atoms with Crippen molar-refractivity contribution in [1.82, 2.24) is 4.98 Å². The largest absolute Gasteiger partial charge is 0.486 e. The van der Waals surface area contributed by atoms with Crippen LogP contribution in [0.3, 0.4) is 0 Å². The molecular formula is C30H33N3O4. The third-order valence-electron chi connectivity index (χ3n) is 7.26.